The number of halogens is 2. The van der Waals surface area contributed by atoms with Crippen molar-refractivity contribution in [1.82, 2.24) is 15.2 Å². The molecular formula is C17H30Cl2N4OS. The van der Waals surface area contributed by atoms with Crippen LogP contribution in [0.3, 0.4) is 0 Å². The summed E-state index contributed by atoms with van der Waals surface area (Å²) in [7, 11) is 0. The van der Waals surface area contributed by atoms with Gasteiger partial charge in [-0.25, -0.2) is 4.98 Å². The number of nitrogens with one attached hydrogen (secondary N) is 1. The van der Waals surface area contributed by atoms with Crippen LogP contribution < -0.4 is 11.1 Å². The van der Waals surface area contributed by atoms with Crippen LogP contribution in [0.4, 0.5) is 0 Å². The Morgan fingerprint density at radius 3 is 2.52 bits per heavy atom. The summed E-state index contributed by atoms with van der Waals surface area (Å²) in [6.45, 7) is 2.81. The molecular weight excluding hydrogens is 379 g/mol. The Bertz CT molecular complexity index is 515. The summed E-state index contributed by atoms with van der Waals surface area (Å²) in [6, 6.07) is 1.08. The largest absolute Gasteiger partial charge is 0.348 e. The Hall–Kier alpha value is -0.400. The number of hydrogen-bond donors (Lipinski definition) is 2. The van der Waals surface area contributed by atoms with Gasteiger partial charge in [0.25, 0.3) is 5.91 Å². The SMILES string of the molecule is Cl.Cl.NCCc1nc(C(=O)NC2CCN(C3CCCCC3)CC2)cs1. The van der Waals surface area contributed by atoms with E-state index >= 15 is 0 Å². The number of amides is 1. The van der Waals surface area contributed by atoms with Gasteiger partial charge in [0.05, 0.1) is 5.01 Å². The van der Waals surface area contributed by atoms with Gasteiger partial charge in [0.15, 0.2) is 0 Å². The van der Waals surface area contributed by atoms with Crippen molar-refractivity contribution in [3.8, 4) is 0 Å². The van der Waals surface area contributed by atoms with Crippen LogP contribution in [0.25, 0.3) is 0 Å². The number of piperidine rings is 1. The van der Waals surface area contributed by atoms with Crippen molar-refractivity contribution >= 4 is 42.1 Å². The second kappa shape index (κ2) is 11.3. The molecule has 1 saturated carbocycles. The van der Waals surface area contributed by atoms with Crippen molar-refractivity contribution in [2.24, 2.45) is 5.73 Å². The standard InChI is InChI=1S/C17H28N4OS.2ClH/c18-9-6-16-20-15(12-23-16)17(22)19-13-7-10-21(11-8-13)14-4-2-1-3-5-14;;/h12-14H,1-11,18H2,(H,19,22);2*1H. The van der Waals surface area contributed by atoms with Gasteiger partial charge in [-0.2, -0.15) is 0 Å². The molecule has 144 valence electrons. The number of nitrogens with zero attached hydrogens (tertiary/aromatic N) is 2. The maximum absolute atomic E-state index is 12.3. The zero-order valence-electron chi connectivity index (χ0n) is 14.6. The maximum Gasteiger partial charge on any atom is 0.270 e. The first-order valence-electron chi connectivity index (χ1n) is 8.95. The molecule has 0 unspecified atom stereocenters. The van der Waals surface area contributed by atoms with Crippen LogP contribution >= 0.6 is 36.2 Å². The Morgan fingerprint density at radius 1 is 1.20 bits per heavy atom. The second-order valence-electron chi connectivity index (χ2n) is 6.74. The lowest BCUT2D eigenvalue weighted by Crippen LogP contribution is -2.48. The van der Waals surface area contributed by atoms with E-state index in [4.69, 9.17) is 5.73 Å². The molecule has 25 heavy (non-hydrogen) atoms. The van der Waals surface area contributed by atoms with Crippen LogP contribution in [0.15, 0.2) is 5.38 Å². The van der Waals surface area contributed by atoms with Gasteiger partial charge in [0.2, 0.25) is 0 Å². The number of rotatable bonds is 5. The maximum atomic E-state index is 12.3. The van der Waals surface area contributed by atoms with Gasteiger partial charge in [-0.15, -0.1) is 36.2 Å². The fraction of sp³-hybridized carbons (Fsp3) is 0.765. The Balaban J connectivity index is 0.00000156. The topological polar surface area (TPSA) is 71.2 Å². The highest BCUT2D eigenvalue weighted by Gasteiger charge is 2.27. The predicted octanol–water partition coefficient (Wildman–Crippen LogP) is 3.01. The highest BCUT2D eigenvalue weighted by atomic mass is 35.5. The fourth-order valence-electron chi connectivity index (χ4n) is 3.77. The van der Waals surface area contributed by atoms with Crippen LogP contribution in [-0.2, 0) is 6.42 Å². The molecule has 0 radical (unpaired) electrons. The second-order valence-corrected chi connectivity index (χ2v) is 7.68. The summed E-state index contributed by atoms with van der Waals surface area (Å²) in [5.41, 5.74) is 6.08. The number of carbonyl (C=O) groups excluding carboxylic acids is 1. The minimum absolute atomic E-state index is 0. The number of likely N-dealkylation sites (tertiary alicyclic amines) is 1. The quantitative estimate of drug-likeness (QED) is 0.784. The number of aromatic nitrogens is 1. The lowest BCUT2D eigenvalue weighted by Gasteiger charge is -2.39. The van der Waals surface area contributed by atoms with Gasteiger partial charge in [-0.1, -0.05) is 19.3 Å². The Kier molecular flexibility index (Phi) is 10.3. The predicted molar refractivity (Wildman–Crippen MR) is 108 cm³/mol. The molecule has 0 atom stereocenters. The monoisotopic (exact) mass is 408 g/mol. The summed E-state index contributed by atoms with van der Waals surface area (Å²) in [6.07, 6.45) is 9.76. The fourth-order valence-corrected chi connectivity index (χ4v) is 4.56. The van der Waals surface area contributed by atoms with Gasteiger partial charge < -0.3 is 16.0 Å². The van der Waals surface area contributed by atoms with Gasteiger partial charge >= 0.3 is 0 Å². The molecule has 3 N–H and O–H groups in total. The normalized spacial score (nSPS) is 19.7. The molecule has 1 amide bonds. The summed E-state index contributed by atoms with van der Waals surface area (Å²) in [4.78, 5) is 19.3. The van der Waals surface area contributed by atoms with Crippen molar-refractivity contribution in [3.05, 3.63) is 16.1 Å². The molecule has 0 aromatic carbocycles. The third-order valence-electron chi connectivity index (χ3n) is 5.10. The molecule has 1 saturated heterocycles. The van der Waals surface area contributed by atoms with E-state index in [2.05, 4.69) is 15.2 Å². The molecule has 1 aliphatic carbocycles. The third-order valence-corrected chi connectivity index (χ3v) is 6.01. The molecule has 1 aromatic heterocycles. The van der Waals surface area contributed by atoms with Gasteiger partial charge in [0, 0.05) is 37.0 Å². The highest BCUT2D eigenvalue weighted by Crippen LogP contribution is 2.25. The average molecular weight is 409 g/mol. The first-order chi connectivity index (χ1) is 11.3. The van der Waals surface area contributed by atoms with Crippen molar-refractivity contribution in [1.29, 1.82) is 0 Å². The summed E-state index contributed by atoms with van der Waals surface area (Å²) in [5.74, 6) is -0.0272. The first kappa shape index (κ1) is 22.6. The van der Waals surface area contributed by atoms with Crippen molar-refractivity contribution < 1.29 is 4.79 Å². The van der Waals surface area contributed by atoms with E-state index in [-0.39, 0.29) is 30.7 Å². The molecule has 1 aliphatic heterocycles. The van der Waals surface area contributed by atoms with Crippen molar-refractivity contribution in [3.63, 3.8) is 0 Å². The van der Waals surface area contributed by atoms with Crippen molar-refractivity contribution in [2.45, 2.75) is 63.5 Å². The van der Waals surface area contributed by atoms with E-state index in [0.717, 1.165) is 43.4 Å². The Labute approximate surface area is 167 Å². The zero-order chi connectivity index (χ0) is 16.1. The van der Waals surface area contributed by atoms with Crippen LogP contribution in [0.1, 0.15) is 60.4 Å². The van der Waals surface area contributed by atoms with E-state index in [1.807, 2.05) is 5.38 Å². The molecule has 0 spiro atoms. The number of nitrogens with two attached hydrogens (primary N) is 1. The molecule has 2 heterocycles. The molecule has 8 heteroatoms. The zero-order valence-corrected chi connectivity index (χ0v) is 17.1. The van der Waals surface area contributed by atoms with Gasteiger partial charge in [-0.3, -0.25) is 4.79 Å². The first-order valence-corrected chi connectivity index (χ1v) is 9.83. The van der Waals surface area contributed by atoms with E-state index in [1.54, 1.807) is 0 Å². The minimum atomic E-state index is -0.0272. The number of thiazole rings is 1. The van der Waals surface area contributed by atoms with Crippen LogP contribution in [0, 0.1) is 0 Å². The molecule has 3 rings (SSSR count). The van der Waals surface area contributed by atoms with Crippen LogP contribution in [0.2, 0.25) is 0 Å². The summed E-state index contributed by atoms with van der Waals surface area (Å²) < 4.78 is 0. The van der Waals surface area contributed by atoms with E-state index in [9.17, 15) is 4.79 Å². The molecule has 5 nitrogen and oxygen atoms in total. The molecule has 2 fully saturated rings. The highest BCUT2D eigenvalue weighted by molar-refractivity contribution is 7.09. The number of carbonyl (C=O) groups is 1. The smallest absolute Gasteiger partial charge is 0.270 e. The van der Waals surface area contributed by atoms with E-state index in [0.29, 0.717) is 18.3 Å². The van der Waals surface area contributed by atoms with Crippen molar-refractivity contribution in [2.75, 3.05) is 19.6 Å². The third kappa shape index (κ3) is 6.36. The lowest BCUT2D eigenvalue weighted by molar-refractivity contribution is 0.0861. The average Bonchev–Trinajstić information content (AvgIpc) is 3.06. The van der Waals surface area contributed by atoms with Crippen LogP contribution in [-0.4, -0.2) is 47.5 Å². The van der Waals surface area contributed by atoms with Gasteiger partial charge in [-0.05, 0) is 32.2 Å². The molecule has 1 aromatic rings. The van der Waals surface area contributed by atoms with Gasteiger partial charge in [0.1, 0.15) is 5.69 Å². The van der Waals surface area contributed by atoms with E-state index < -0.39 is 0 Å². The minimum Gasteiger partial charge on any atom is -0.348 e. The van der Waals surface area contributed by atoms with Crippen LogP contribution in [0.5, 0.6) is 0 Å². The number of hydrogen-bond acceptors (Lipinski definition) is 5. The molecule has 2 aliphatic rings. The lowest BCUT2D eigenvalue weighted by atomic mass is 9.92. The summed E-state index contributed by atoms with van der Waals surface area (Å²) >= 11 is 1.52. The molecule has 0 bridgehead atoms. The Morgan fingerprint density at radius 2 is 1.88 bits per heavy atom. The summed E-state index contributed by atoms with van der Waals surface area (Å²) in [5, 5.41) is 5.95. The van der Waals surface area contributed by atoms with E-state index in [1.165, 1.54) is 43.4 Å².